The van der Waals surface area contributed by atoms with E-state index in [9.17, 15) is 4.79 Å². The molecule has 1 atom stereocenters. The molecule has 0 bridgehead atoms. The van der Waals surface area contributed by atoms with Crippen LogP contribution in [0.1, 0.15) is 34.2 Å². The van der Waals surface area contributed by atoms with Crippen molar-refractivity contribution >= 4 is 17.2 Å². The number of hydrogen-bond donors (Lipinski definition) is 0. The highest BCUT2D eigenvalue weighted by Gasteiger charge is 2.32. The van der Waals surface area contributed by atoms with Crippen molar-refractivity contribution in [1.82, 2.24) is 19.7 Å². The van der Waals surface area contributed by atoms with Crippen molar-refractivity contribution in [2.75, 3.05) is 6.54 Å². The quantitative estimate of drug-likeness (QED) is 0.743. The highest BCUT2D eigenvalue weighted by Crippen LogP contribution is 2.34. The maximum Gasteiger partial charge on any atom is 0.254 e. The Balaban J connectivity index is 1.63. The van der Waals surface area contributed by atoms with Crippen molar-refractivity contribution in [3.8, 4) is 5.69 Å². The van der Waals surface area contributed by atoms with E-state index in [2.05, 4.69) is 10.1 Å². The molecule has 1 fully saturated rings. The fourth-order valence-electron chi connectivity index (χ4n) is 3.03. The van der Waals surface area contributed by atoms with Crippen molar-refractivity contribution in [2.24, 2.45) is 0 Å². The highest BCUT2D eigenvalue weighted by atomic mass is 32.1. The summed E-state index contributed by atoms with van der Waals surface area (Å²) >= 11 is 1.62. The molecule has 1 saturated heterocycles. The third kappa shape index (κ3) is 2.66. The predicted octanol–water partition coefficient (Wildman–Crippen LogP) is 3.31. The Morgan fingerprint density at radius 2 is 2.22 bits per heavy atom. The van der Waals surface area contributed by atoms with Crippen molar-refractivity contribution in [1.29, 1.82) is 0 Å². The molecule has 116 valence electrons. The molecule has 1 aliphatic heterocycles. The number of carbonyl (C=O) groups excluding carboxylic acids is 1. The number of benzene rings is 1. The Bertz CT molecular complexity index is 798. The molecule has 0 aliphatic carbocycles. The summed E-state index contributed by atoms with van der Waals surface area (Å²) in [6, 6.07) is 9.59. The Morgan fingerprint density at radius 1 is 1.26 bits per heavy atom. The van der Waals surface area contributed by atoms with Crippen molar-refractivity contribution < 1.29 is 4.79 Å². The highest BCUT2D eigenvalue weighted by molar-refractivity contribution is 7.09. The Morgan fingerprint density at radius 3 is 3.00 bits per heavy atom. The second-order valence-corrected chi connectivity index (χ2v) is 6.45. The summed E-state index contributed by atoms with van der Waals surface area (Å²) < 4.78 is 1.76. The van der Waals surface area contributed by atoms with Crippen LogP contribution in [0.5, 0.6) is 0 Å². The zero-order valence-corrected chi connectivity index (χ0v) is 13.3. The minimum absolute atomic E-state index is 0.0664. The number of thiazole rings is 1. The van der Waals surface area contributed by atoms with Crippen LogP contribution in [0.3, 0.4) is 0 Å². The van der Waals surface area contributed by atoms with Crippen molar-refractivity contribution in [3.63, 3.8) is 0 Å². The van der Waals surface area contributed by atoms with Gasteiger partial charge in [-0.25, -0.2) is 9.67 Å². The first-order valence-electron chi connectivity index (χ1n) is 7.63. The summed E-state index contributed by atoms with van der Waals surface area (Å²) in [5, 5.41) is 7.22. The molecule has 1 aromatic carbocycles. The normalized spacial score (nSPS) is 17.6. The van der Waals surface area contributed by atoms with E-state index < -0.39 is 0 Å². The molecule has 0 N–H and O–H groups in total. The van der Waals surface area contributed by atoms with E-state index in [4.69, 9.17) is 0 Å². The first kappa shape index (κ1) is 14.1. The van der Waals surface area contributed by atoms with Crippen LogP contribution >= 0.6 is 11.3 Å². The van der Waals surface area contributed by atoms with Crippen LogP contribution in [-0.4, -0.2) is 32.1 Å². The molecule has 0 spiro atoms. The lowest BCUT2D eigenvalue weighted by atomic mass is 10.1. The molecule has 3 aromatic rings. The topological polar surface area (TPSA) is 51.0 Å². The molecular formula is C17H16N4OS. The van der Waals surface area contributed by atoms with Gasteiger partial charge in [0, 0.05) is 36.1 Å². The third-order valence-electron chi connectivity index (χ3n) is 4.11. The molecule has 3 heterocycles. The van der Waals surface area contributed by atoms with Gasteiger partial charge in [0.15, 0.2) is 0 Å². The lowest BCUT2D eigenvalue weighted by Gasteiger charge is -2.23. The number of nitrogens with zero attached hydrogens (tertiary/aromatic N) is 4. The first-order chi connectivity index (χ1) is 11.3. The SMILES string of the molecule is O=C(c1cccc(-n2cccn2)c1)N1CCC[C@H]1c1nccs1. The fraction of sp³-hybridized carbons (Fsp3) is 0.235. The fourth-order valence-corrected chi connectivity index (χ4v) is 3.82. The zero-order valence-electron chi connectivity index (χ0n) is 12.5. The molecule has 0 radical (unpaired) electrons. The number of hydrogen-bond acceptors (Lipinski definition) is 4. The van der Waals surface area contributed by atoms with Gasteiger partial charge in [-0.1, -0.05) is 6.07 Å². The summed E-state index contributed by atoms with van der Waals surface area (Å²) in [5.41, 5.74) is 1.59. The smallest absolute Gasteiger partial charge is 0.254 e. The summed E-state index contributed by atoms with van der Waals surface area (Å²) in [6.07, 6.45) is 7.41. The molecule has 6 heteroatoms. The predicted molar refractivity (Wildman–Crippen MR) is 88.7 cm³/mol. The van der Waals surface area contributed by atoms with Crippen LogP contribution in [-0.2, 0) is 0 Å². The maximum atomic E-state index is 12.9. The molecule has 4 rings (SSSR count). The van der Waals surface area contributed by atoms with Gasteiger partial charge < -0.3 is 4.90 Å². The van der Waals surface area contributed by atoms with Gasteiger partial charge >= 0.3 is 0 Å². The van der Waals surface area contributed by atoms with E-state index in [0.717, 1.165) is 30.1 Å². The van der Waals surface area contributed by atoms with Crippen LogP contribution in [0.2, 0.25) is 0 Å². The molecule has 2 aromatic heterocycles. The van der Waals surface area contributed by atoms with Crippen LogP contribution in [0, 0.1) is 0 Å². The minimum atomic E-state index is 0.0664. The molecule has 5 nitrogen and oxygen atoms in total. The van der Waals surface area contributed by atoms with Crippen molar-refractivity contribution in [2.45, 2.75) is 18.9 Å². The standard InChI is InChI=1S/C17H16N4OS/c22-17(20-9-2-6-15(20)16-18-8-11-23-16)13-4-1-5-14(12-13)21-10-3-7-19-21/h1,3-5,7-8,10-12,15H,2,6,9H2/t15-/m0/s1. The van der Waals surface area contributed by atoms with E-state index in [-0.39, 0.29) is 11.9 Å². The van der Waals surface area contributed by atoms with Gasteiger partial charge in [-0.3, -0.25) is 4.79 Å². The monoisotopic (exact) mass is 324 g/mol. The minimum Gasteiger partial charge on any atom is -0.329 e. The van der Waals surface area contributed by atoms with E-state index >= 15 is 0 Å². The van der Waals surface area contributed by atoms with Crippen LogP contribution < -0.4 is 0 Å². The average molecular weight is 324 g/mol. The maximum absolute atomic E-state index is 12.9. The average Bonchev–Trinajstić information content (AvgIpc) is 3.35. The summed E-state index contributed by atoms with van der Waals surface area (Å²) in [7, 11) is 0. The number of rotatable bonds is 3. The number of aromatic nitrogens is 3. The van der Waals surface area contributed by atoms with E-state index in [1.165, 1.54) is 0 Å². The van der Waals surface area contributed by atoms with Crippen molar-refractivity contribution in [3.05, 3.63) is 64.9 Å². The number of carbonyl (C=O) groups is 1. The molecule has 0 saturated carbocycles. The number of amides is 1. The summed E-state index contributed by atoms with van der Waals surface area (Å²) in [6.45, 7) is 0.787. The summed E-state index contributed by atoms with van der Waals surface area (Å²) in [5.74, 6) is 0.0664. The molecule has 0 unspecified atom stereocenters. The molecule has 1 aliphatic rings. The third-order valence-corrected chi connectivity index (χ3v) is 4.99. The van der Waals surface area contributed by atoms with E-state index in [0.29, 0.717) is 5.56 Å². The number of likely N-dealkylation sites (tertiary alicyclic amines) is 1. The Hall–Kier alpha value is -2.47. The van der Waals surface area contributed by atoms with Crippen LogP contribution in [0.4, 0.5) is 0 Å². The Labute approximate surface area is 138 Å². The lowest BCUT2D eigenvalue weighted by Crippen LogP contribution is -2.30. The summed E-state index contributed by atoms with van der Waals surface area (Å²) in [4.78, 5) is 19.3. The van der Waals surface area contributed by atoms with Crippen LogP contribution in [0.15, 0.2) is 54.3 Å². The first-order valence-corrected chi connectivity index (χ1v) is 8.51. The zero-order chi connectivity index (χ0) is 15.6. The van der Waals surface area contributed by atoms with Crippen LogP contribution in [0.25, 0.3) is 5.69 Å². The van der Waals surface area contributed by atoms with Gasteiger partial charge in [0.1, 0.15) is 5.01 Å². The van der Waals surface area contributed by atoms with Gasteiger partial charge in [-0.05, 0) is 37.1 Å². The molecule has 1 amide bonds. The molecular weight excluding hydrogens is 308 g/mol. The van der Waals surface area contributed by atoms with Gasteiger partial charge in [0.2, 0.25) is 0 Å². The second-order valence-electron chi connectivity index (χ2n) is 5.53. The Kier molecular flexibility index (Phi) is 3.67. The van der Waals surface area contributed by atoms with E-state index in [1.807, 2.05) is 46.8 Å². The molecule has 23 heavy (non-hydrogen) atoms. The van der Waals surface area contributed by atoms with Gasteiger partial charge in [-0.15, -0.1) is 11.3 Å². The van der Waals surface area contributed by atoms with Gasteiger partial charge in [0.25, 0.3) is 5.91 Å². The lowest BCUT2D eigenvalue weighted by molar-refractivity contribution is 0.0735. The van der Waals surface area contributed by atoms with Gasteiger partial charge in [0.05, 0.1) is 11.7 Å². The van der Waals surface area contributed by atoms with E-state index in [1.54, 1.807) is 28.4 Å². The second kappa shape index (κ2) is 5.96. The largest absolute Gasteiger partial charge is 0.329 e. The van der Waals surface area contributed by atoms with Gasteiger partial charge in [-0.2, -0.15) is 5.10 Å².